The van der Waals surface area contributed by atoms with Gasteiger partial charge in [-0.15, -0.1) is 5.06 Å². The van der Waals surface area contributed by atoms with Gasteiger partial charge in [-0.25, -0.2) is 0 Å². The lowest BCUT2D eigenvalue weighted by molar-refractivity contribution is -0.114. The summed E-state index contributed by atoms with van der Waals surface area (Å²) in [4.78, 5) is 6.06. The van der Waals surface area contributed by atoms with Crippen LogP contribution < -0.4 is 10.6 Å². The first-order chi connectivity index (χ1) is 12.2. The largest absolute Gasteiger partial charge is 0.406 e. The zero-order valence-electron chi connectivity index (χ0n) is 14.2. The molecule has 130 valence electrons. The molecule has 2 N–H and O–H groups in total. The molecule has 1 heterocycles. The quantitative estimate of drug-likeness (QED) is 0.626. The van der Waals surface area contributed by atoms with E-state index in [2.05, 4.69) is 16.9 Å². The molecule has 0 saturated carbocycles. The molecule has 2 aromatic rings. The summed E-state index contributed by atoms with van der Waals surface area (Å²) in [6.07, 6.45) is 5.41. The van der Waals surface area contributed by atoms with Gasteiger partial charge in [0.1, 0.15) is 5.75 Å². The van der Waals surface area contributed by atoms with Gasteiger partial charge in [0.2, 0.25) is 0 Å². The van der Waals surface area contributed by atoms with Gasteiger partial charge in [0.05, 0.1) is 0 Å². The number of hydroxylamine groups is 2. The monoisotopic (exact) mass is 354 g/mol. The molecule has 3 rings (SSSR count). The first-order valence-electron chi connectivity index (χ1n) is 8.75. The molecule has 3 nitrogen and oxygen atoms in total. The van der Waals surface area contributed by atoms with Gasteiger partial charge >= 0.3 is 0 Å². The van der Waals surface area contributed by atoms with Crippen molar-refractivity contribution >= 4 is 17.3 Å². The Labute approximate surface area is 154 Å². The Balaban J connectivity index is 1.55. The lowest BCUT2D eigenvalue weighted by atomic mass is 10.00. The highest BCUT2D eigenvalue weighted by atomic mass is 35.5. The van der Waals surface area contributed by atoms with Crippen molar-refractivity contribution in [2.45, 2.75) is 38.1 Å². The van der Waals surface area contributed by atoms with Crippen molar-refractivity contribution in [3.05, 3.63) is 59.1 Å². The Morgan fingerprint density at radius 1 is 1.16 bits per heavy atom. The summed E-state index contributed by atoms with van der Waals surface area (Å²) in [6, 6.07) is 15.6. The second kappa shape index (κ2) is 8.80. The second-order valence-electron chi connectivity index (χ2n) is 6.30. The summed E-state index contributed by atoms with van der Waals surface area (Å²) < 4.78 is 0. The van der Waals surface area contributed by atoms with Crippen molar-refractivity contribution < 1.29 is 4.84 Å². The van der Waals surface area contributed by atoms with Crippen LogP contribution in [-0.4, -0.2) is 17.6 Å². The molecule has 1 atom stereocenters. The van der Waals surface area contributed by atoms with Gasteiger partial charge in [0.15, 0.2) is 0 Å². The number of hydrogen-bond donors (Lipinski definition) is 1. The van der Waals surface area contributed by atoms with E-state index >= 15 is 0 Å². The highest BCUT2D eigenvalue weighted by molar-refractivity contribution is 6.30. The van der Waals surface area contributed by atoms with E-state index in [0.717, 1.165) is 47.8 Å². The first-order valence-corrected chi connectivity index (χ1v) is 9.13. The fraction of sp³-hybridized carbons (Fsp3) is 0.333. The second-order valence-corrected chi connectivity index (χ2v) is 6.74. The zero-order chi connectivity index (χ0) is 17.5. The predicted octanol–water partition coefficient (Wildman–Crippen LogP) is 4.90. The van der Waals surface area contributed by atoms with Gasteiger partial charge in [-0.2, -0.15) is 0 Å². The molecule has 0 aromatic heterocycles. The number of nitrogen functional groups attached to an aromatic ring is 1. The number of anilines is 1. The molecule has 2 aromatic carbocycles. The van der Waals surface area contributed by atoms with Crippen LogP contribution in [0.2, 0.25) is 5.02 Å². The SMILES string of the molecule is Nc1cccc(C#CCCC2CCCCN2Oc2ccc(Cl)cc2)c1. The fourth-order valence-corrected chi connectivity index (χ4v) is 3.16. The van der Waals surface area contributed by atoms with E-state index in [1.54, 1.807) is 0 Å². The summed E-state index contributed by atoms with van der Waals surface area (Å²) in [5.41, 5.74) is 7.50. The number of halogens is 1. The molecule has 0 aliphatic carbocycles. The lowest BCUT2D eigenvalue weighted by Gasteiger charge is -2.34. The van der Waals surface area contributed by atoms with E-state index in [9.17, 15) is 0 Å². The summed E-state index contributed by atoms with van der Waals surface area (Å²) >= 11 is 5.94. The van der Waals surface area contributed by atoms with Gasteiger partial charge in [-0.1, -0.05) is 35.9 Å². The first kappa shape index (κ1) is 17.7. The Morgan fingerprint density at radius 2 is 2.00 bits per heavy atom. The smallest absolute Gasteiger partial charge is 0.147 e. The minimum atomic E-state index is 0.402. The van der Waals surface area contributed by atoms with Crippen molar-refractivity contribution in [1.29, 1.82) is 0 Å². The predicted molar refractivity (Wildman–Crippen MR) is 103 cm³/mol. The number of benzene rings is 2. The molecule has 1 fully saturated rings. The van der Waals surface area contributed by atoms with E-state index in [4.69, 9.17) is 22.2 Å². The summed E-state index contributed by atoms with van der Waals surface area (Å²) in [7, 11) is 0. The van der Waals surface area contributed by atoms with E-state index in [1.165, 1.54) is 12.8 Å². The number of hydrogen-bond acceptors (Lipinski definition) is 3. The molecule has 0 amide bonds. The maximum absolute atomic E-state index is 6.06. The lowest BCUT2D eigenvalue weighted by Crippen LogP contribution is -2.41. The van der Waals surface area contributed by atoms with Crippen molar-refractivity contribution in [3.8, 4) is 17.6 Å². The third-order valence-electron chi connectivity index (χ3n) is 4.33. The normalized spacial score (nSPS) is 17.6. The topological polar surface area (TPSA) is 38.5 Å². The summed E-state index contributed by atoms with van der Waals surface area (Å²) in [5, 5.41) is 2.83. The maximum Gasteiger partial charge on any atom is 0.147 e. The Bertz CT molecular complexity index is 748. The van der Waals surface area contributed by atoms with Crippen molar-refractivity contribution in [3.63, 3.8) is 0 Å². The van der Waals surface area contributed by atoms with Gasteiger partial charge in [0, 0.05) is 35.3 Å². The van der Waals surface area contributed by atoms with E-state index in [1.807, 2.05) is 48.5 Å². The summed E-state index contributed by atoms with van der Waals surface area (Å²) in [5.74, 6) is 7.29. The molecule has 0 bridgehead atoms. The van der Waals surface area contributed by atoms with Crippen molar-refractivity contribution in [2.75, 3.05) is 12.3 Å². The van der Waals surface area contributed by atoms with Crippen LogP contribution in [0.15, 0.2) is 48.5 Å². The van der Waals surface area contributed by atoms with Crippen LogP contribution in [0.1, 0.15) is 37.7 Å². The average molecular weight is 355 g/mol. The molecule has 1 aliphatic heterocycles. The Kier molecular flexibility index (Phi) is 6.22. The molecule has 1 unspecified atom stereocenters. The van der Waals surface area contributed by atoms with Crippen LogP contribution in [0.5, 0.6) is 5.75 Å². The summed E-state index contributed by atoms with van der Waals surface area (Å²) in [6.45, 7) is 0.954. The van der Waals surface area contributed by atoms with E-state index < -0.39 is 0 Å². The van der Waals surface area contributed by atoms with E-state index in [0.29, 0.717) is 6.04 Å². The molecule has 25 heavy (non-hydrogen) atoms. The van der Waals surface area contributed by atoms with Gasteiger partial charge < -0.3 is 10.6 Å². The van der Waals surface area contributed by atoms with Crippen LogP contribution in [-0.2, 0) is 0 Å². The Hall–Kier alpha value is -2.15. The third-order valence-corrected chi connectivity index (χ3v) is 4.58. The van der Waals surface area contributed by atoms with Crippen LogP contribution >= 0.6 is 11.6 Å². The van der Waals surface area contributed by atoms with E-state index in [-0.39, 0.29) is 0 Å². The molecule has 4 heteroatoms. The van der Waals surface area contributed by atoms with Gasteiger partial charge in [-0.05, 0) is 61.7 Å². The molecule has 1 saturated heterocycles. The van der Waals surface area contributed by atoms with Crippen LogP contribution in [0.25, 0.3) is 0 Å². The average Bonchev–Trinajstić information content (AvgIpc) is 2.62. The van der Waals surface area contributed by atoms with Crippen LogP contribution in [0, 0.1) is 11.8 Å². The number of nitrogens with two attached hydrogens (primary N) is 1. The third kappa shape index (κ3) is 5.42. The minimum absolute atomic E-state index is 0.402. The molecular formula is C21H23ClN2O. The van der Waals surface area contributed by atoms with Gasteiger partial charge in [0.25, 0.3) is 0 Å². The van der Waals surface area contributed by atoms with Crippen LogP contribution in [0.3, 0.4) is 0 Å². The maximum atomic E-state index is 6.06. The standard InChI is InChI=1S/C21H23ClN2O/c22-18-11-13-21(14-12-18)25-24-15-4-3-10-20(24)9-2-1-6-17-7-5-8-19(23)16-17/h5,7-8,11-14,16,20H,2-4,9-10,15,23H2. The highest BCUT2D eigenvalue weighted by Gasteiger charge is 2.23. The number of piperidine rings is 1. The Morgan fingerprint density at radius 3 is 2.80 bits per heavy atom. The number of nitrogens with zero attached hydrogens (tertiary/aromatic N) is 1. The van der Waals surface area contributed by atoms with Crippen molar-refractivity contribution in [2.24, 2.45) is 0 Å². The molecular weight excluding hydrogens is 332 g/mol. The fourth-order valence-electron chi connectivity index (χ4n) is 3.03. The van der Waals surface area contributed by atoms with Crippen molar-refractivity contribution in [1.82, 2.24) is 5.06 Å². The molecule has 1 aliphatic rings. The molecule has 0 spiro atoms. The zero-order valence-corrected chi connectivity index (χ0v) is 15.0. The van der Waals surface area contributed by atoms with Crippen LogP contribution in [0.4, 0.5) is 5.69 Å². The highest BCUT2D eigenvalue weighted by Crippen LogP contribution is 2.24. The van der Waals surface area contributed by atoms with Gasteiger partial charge in [-0.3, -0.25) is 0 Å². The minimum Gasteiger partial charge on any atom is -0.406 e. The number of rotatable bonds is 4. The molecule has 0 radical (unpaired) electrons.